The first-order chi connectivity index (χ1) is 14.3. The van der Waals surface area contributed by atoms with E-state index in [1.807, 2.05) is 31.2 Å². The smallest absolute Gasteiger partial charge is 0.168 e. The number of fused-ring (bicyclic) bond motifs is 1. The standard InChI is InChI=1S/C20H20BrN5O4/c1-10-5-3-4-6-12(10)29-8-13-15(27)20(2,28)19(30-13)26-16(21)11(7-22)14-17(23)24-9-25-18(14)26/h3-6,9,13,15,19,27-28H,8H2,1-2H3,(H2,23,24,25)/t13-,15-,19-,20-/m1/s1. The van der Waals surface area contributed by atoms with Crippen LogP contribution in [-0.2, 0) is 4.74 Å². The highest BCUT2D eigenvalue weighted by atomic mass is 79.9. The van der Waals surface area contributed by atoms with Gasteiger partial charge in [-0.25, -0.2) is 9.97 Å². The van der Waals surface area contributed by atoms with Crippen LogP contribution in [0, 0.1) is 18.3 Å². The monoisotopic (exact) mass is 473 g/mol. The highest BCUT2D eigenvalue weighted by Crippen LogP contribution is 2.44. The number of nitriles is 1. The highest BCUT2D eigenvalue weighted by Gasteiger charge is 2.54. The van der Waals surface area contributed by atoms with Crippen LogP contribution in [0.4, 0.5) is 5.82 Å². The molecule has 2 aromatic heterocycles. The lowest BCUT2D eigenvalue weighted by atomic mass is 9.96. The number of aliphatic hydroxyl groups excluding tert-OH is 1. The molecule has 0 unspecified atom stereocenters. The molecule has 0 aliphatic carbocycles. The van der Waals surface area contributed by atoms with Crippen molar-refractivity contribution in [2.75, 3.05) is 12.3 Å². The summed E-state index contributed by atoms with van der Waals surface area (Å²) in [7, 11) is 0. The molecule has 1 aromatic carbocycles. The molecule has 1 fully saturated rings. The lowest BCUT2D eigenvalue weighted by Gasteiger charge is -2.28. The second-order valence-corrected chi connectivity index (χ2v) is 8.13. The number of hydrogen-bond donors (Lipinski definition) is 3. The van der Waals surface area contributed by atoms with Crippen LogP contribution in [0.1, 0.15) is 24.3 Å². The van der Waals surface area contributed by atoms with E-state index in [0.717, 1.165) is 5.56 Å². The first kappa shape index (κ1) is 20.6. The number of nitrogens with zero attached hydrogens (tertiary/aromatic N) is 4. The Morgan fingerprint density at radius 1 is 1.40 bits per heavy atom. The molecule has 10 heteroatoms. The van der Waals surface area contributed by atoms with Gasteiger partial charge in [0, 0.05) is 0 Å². The van der Waals surface area contributed by atoms with E-state index >= 15 is 0 Å². The van der Waals surface area contributed by atoms with Gasteiger partial charge in [0.1, 0.15) is 58.6 Å². The average Bonchev–Trinajstić information content (AvgIpc) is 3.12. The van der Waals surface area contributed by atoms with Crippen LogP contribution in [-0.4, -0.2) is 49.2 Å². The molecule has 30 heavy (non-hydrogen) atoms. The van der Waals surface area contributed by atoms with Crippen molar-refractivity contribution in [3.8, 4) is 11.8 Å². The highest BCUT2D eigenvalue weighted by molar-refractivity contribution is 9.10. The van der Waals surface area contributed by atoms with Crippen molar-refractivity contribution in [1.82, 2.24) is 14.5 Å². The summed E-state index contributed by atoms with van der Waals surface area (Å²) < 4.78 is 13.7. The maximum absolute atomic E-state index is 11.1. The number of aryl methyl sites for hydroxylation is 1. The van der Waals surface area contributed by atoms with Crippen LogP contribution in [0.3, 0.4) is 0 Å². The minimum absolute atomic E-state index is 0.0255. The molecule has 1 saturated heterocycles. The Labute approximate surface area is 180 Å². The maximum atomic E-state index is 11.1. The third kappa shape index (κ3) is 3.11. The number of anilines is 1. The summed E-state index contributed by atoms with van der Waals surface area (Å²) in [5, 5.41) is 31.8. The van der Waals surface area contributed by atoms with E-state index in [4.69, 9.17) is 15.2 Å². The molecule has 9 nitrogen and oxygen atoms in total. The molecule has 0 bridgehead atoms. The Bertz CT molecular complexity index is 1160. The van der Waals surface area contributed by atoms with E-state index in [2.05, 4.69) is 32.0 Å². The summed E-state index contributed by atoms with van der Waals surface area (Å²) >= 11 is 3.39. The molecule has 0 radical (unpaired) electrons. The Kier molecular flexibility index (Phi) is 5.15. The number of halogens is 1. The summed E-state index contributed by atoms with van der Waals surface area (Å²) in [6.07, 6.45) is -1.86. The molecule has 3 aromatic rings. The number of hydrogen-bond acceptors (Lipinski definition) is 8. The van der Waals surface area contributed by atoms with Crippen molar-refractivity contribution in [2.45, 2.75) is 37.9 Å². The largest absolute Gasteiger partial charge is 0.491 e. The van der Waals surface area contributed by atoms with Crippen LogP contribution >= 0.6 is 15.9 Å². The van der Waals surface area contributed by atoms with Crippen molar-refractivity contribution in [2.24, 2.45) is 0 Å². The van der Waals surface area contributed by atoms with Crippen molar-refractivity contribution in [1.29, 1.82) is 5.26 Å². The second kappa shape index (κ2) is 7.52. The molecule has 0 spiro atoms. The Hall–Kier alpha value is -2.71. The van der Waals surface area contributed by atoms with Gasteiger partial charge in [0.05, 0.1) is 10.9 Å². The van der Waals surface area contributed by atoms with Gasteiger partial charge in [0.25, 0.3) is 0 Å². The summed E-state index contributed by atoms with van der Waals surface area (Å²) in [4.78, 5) is 8.17. The third-order valence-corrected chi connectivity index (χ3v) is 6.13. The predicted octanol–water partition coefficient (Wildman–Crippen LogP) is 2.04. The summed E-state index contributed by atoms with van der Waals surface area (Å²) in [6, 6.07) is 9.56. The summed E-state index contributed by atoms with van der Waals surface area (Å²) in [6.45, 7) is 3.40. The van der Waals surface area contributed by atoms with Gasteiger partial charge in [-0.15, -0.1) is 0 Å². The number of aliphatic hydroxyl groups is 2. The third-order valence-electron chi connectivity index (χ3n) is 5.35. The average molecular weight is 474 g/mol. The maximum Gasteiger partial charge on any atom is 0.168 e. The molecule has 1 aliphatic rings. The van der Waals surface area contributed by atoms with E-state index in [1.165, 1.54) is 17.8 Å². The van der Waals surface area contributed by atoms with Crippen molar-refractivity contribution in [3.63, 3.8) is 0 Å². The number of benzene rings is 1. The normalized spacial score (nSPS) is 26.1. The SMILES string of the molecule is Cc1ccccc1OC[C@H]1O[C@@H](n2c(Br)c(C#N)c3c(N)ncnc32)[C@](C)(O)[C@@H]1O. The molecule has 0 saturated carbocycles. The van der Waals surface area contributed by atoms with E-state index in [0.29, 0.717) is 21.4 Å². The predicted molar refractivity (Wildman–Crippen MR) is 112 cm³/mol. The minimum atomic E-state index is -1.69. The van der Waals surface area contributed by atoms with Crippen LogP contribution in [0.15, 0.2) is 35.2 Å². The quantitative estimate of drug-likeness (QED) is 0.522. The van der Waals surface area contributed by atoms with Crippen molar-refractivity contribution in [3.05, 3.63) is 46.3 Å². The topological polar surface area (TPSA) is 139 Å². The lowest BCUT2D eigenvalue weighted by molar-refractivity contribution is -0.0954. The number of para-hydroxylation sites is 1. The molecule has 1 aliphatic heterocycles. The van der Waals surface area contributed by atoms with Crippen LogP contribution < -0.4 is 10.5 Å². The first-order valence-electron chi connectivity index (χ1n) is 9.21. The fourth-order valence-corrected chi connectivity index (χ4v) is 4.33. The summed E-state index contributed by atoms with van der Waals surface area (Å²) in [5.41, 5.74) is 5.73. The van der Waals surface area contributed by atoms with Crippen LogP contribution in [0.25, 0.3) is 11.0 Å². The van der Waals surface area contributed by atoms with E-state index in [1.54, 1.807) is 0 Å². The number of nitrogens with two attached hydrogens (primary N) is 1. The molecule has 4 rings (SSSR count). The molecule has 3 heterocycles. The van der Waals surface area contributed by atoms with Gasteiger partial charge in [0.15, 0.2) is 6.23 Å². The Morgan fingerprint density at radius 2 is 2.13 bits per heavy atom. The lowest BCUT2D eigenvalue weighted by Crippen LogP contribution is -2.44. The van der Waals surface area contributed by atoms with Gasteiger partial charge in [-0.1, -0.05) is 18.2 Å². The van der Waals surface area contributed by atoms with Crippen LogP contribution in [0.2, 0.25) is 0 Å². The fraction of sp³-hybridized carbons (Fsp3) is 0.350. The number of nitrogen functional groups attached to an aromatic ring is 1. The van der Waals surface area contributed by atoms with E-state index in [-0.39, 0.29) is 18.0 Å². The molecular weight excluding hydrogens is 454 g/mol. The number of aromatic nitrogens is 3. The van der Waals surface area contributed by atoms with Crippen molar-refractivity contribution >= 4 is 32.8 Å². The first-order valence-corrected chi connectivity index (χ1v) is 10.0. The zero-order chi connectivity index (χ0) is 21.6. The van der Waals surface area contributed by atoms with Gasteiger partial charge in [-0.2, -0.15) is 5.26 Å². The minimum Gasteiger partial charge on any atom is -0.491 e. The Morgan fingerprint density at radius 3 is 2.83 bits per heavy atom. The molecular formula is C20H20BrN5O4. The van der Waals surface area contributed by atoms with Gasteiger partial charge in [0.2, 0.25) is 0 Å². The van der Waals surface area contributed by atoms with Gasteiger partial charge in [-0.05, 0) is 41.4 Å². The van der Waals surface area contributed by atoms with Gasteiger partial charge >= 0.3 is 0 Å². The van der Waals surface area contributed by atoms with Crippen LogP contribution in [0.5, 0.6) is 5.75 Å². The Balaban J connectivity index is 1.71. The van der Waals surface area contributed by atoms with Gasteiger partial charge < -0.3 is 25.4 Å². The van der Waals surface area contributed by atoms with Crippen molar-refractivity contribution < 1.29 is 19.7 Å². The molecule has 156 valence electrons. The second-order valence-electron chi connectivity index (χ2n) is 7.38. The number of ether oxygens (including phenoxy) is 2. The fourth-order valence-electron chi connectivity index (χ4n) is 3.69. The summed E-state index contributed by atoms with van der Waals surface area (Å²) in [5.74, 6) is 0.796. The van der Waals surface area contributed by atoms with Gasteiger partial charge in [-0.3, -0.25) is 4.57 Å². The van der Waals surface area contributed by atoms with E-state index in [9.17, 15) is 15.5 Å². The molecule has 4 atom stereocenters. The zero-order valence-corrected chi connectivity index (χ0v) is 17.9. The van der Waals surface area contributed by atoms with E-state index < -0.39 is 24.0 Å². The molecule has 4 N–H and O–H groups in total. The zero-order valence-electron chi connectivity index (χ0n) is 16.3. The molecule has 0 amide bonds. The number of rotatable bonds is 4.